The van der Waals surface area contributed by atoms with Gasteiger partial charge in [0.25, 0.3) is 5.91 Å². The van der Waals surface area contributed by atoms with Crippen LogP contribution in [0.15, 0.2) is 48.2 Å². The summed E-state index contributed by atoms with van der Waals surface area (Å²) in [7, 11) is 0. The number of aliphatic hydroxyl groups excluding tert-OH is 1. The topological polar surface area (TPSA) is 96.4 Å². The zero-order chi connectivity index (χ0) is 30.6. The van der Waals surface area contributed by atoms with Crippen molar-refractivity contribution < 1.29 is 19.8 Å². The number of benzene rings is 1. The Balaban J connectivity index is 1.31. The van der Waals surface area contributed by atoms with Gasteiger partial charge in [-0.1, -0.05) is 89.3 Å². The van der Waals surface area contributed by atoms with Gasteiger partial charge in [-0.2, -0.15) is 0 Å². The van der Waals surface area contributed by atoms with E-state index < -0.39 is 11.0 Å². The standard InChI is InChI=1S/C35H52N4O4/c1-26(20-27-10-6-4-7-11-27)32(41)38-18-15-35(43,34(2,3)24-38)25-37-17-14-30(28-12-8-5-9-13-28)31(22-37)33(42)39-19-16-36-21-29(39)23-40/h5,8-9,12-14,22,26-27,29,36,40,43H,4,6-7,10-11,15-21,23-25H2,1-3H3/t26-,29+,35-/m1/s1. The lowest BCUT2D eigenvalue weighted by Crippen LogP contribution is -2.62. The Labute approximate surface area is 257 Å². The highest BCUT2D eigenvalue weighted by molar-refractivity contribution is 6.09. The van der Waals surface area contributed by atoms with Crippen LogP contribution >= 0.6 is 0 Å². The molecule has 2 amide bonds. The van der Waals surface area contributed by atoms with Crippen molar-refractivity contribution in [3.8, 4) is 0 Å². The first-order valence-corrected chi connectivity index (χ1v) is 16.5. The number of piperazine rings is 1. The Kier molecular flexibility index (Phi) is 9.99. The van der Waals surface area contributed by atoms with E-state index in [0.29, 0.717) is 63.7 Å². The van der Waals surface area contributed by atoms with Crippen molar-refractivity contribution in [2.24, 2.45) is 17.3 Å². The van der Waals surface area contributed by atoms with Gasteiger partial charge in [0.1, 0.15) is 0 Å². The third-order valence-corrected chi connectivity index (χ3v) is 10.5. The summed E-state index contributed by atoms with van der Waals surface area (Å²) in [6, 6.07) is 9.67. The number of likely N-dealkylation sites (tertiary alicyclic amines) is 1. The molecule has 4 aliphatic rings. The first kappa shape index (κ1) is 31.7. The molecule has 1 aliphatic carbocycles. The van der Waals surface area contributed by atoms with Crippen molar-refractivity contribution in [2.45, 2.75) is 77.4 Å². The largest absolute Gasteiger partial charge is 0.394 e. The molecule has 3 atom stereocenters. The van der Waals surface area contributed by atoms with Gasteiger partial charge < -0.3 is 30.2 Å². The molecule has 3 aliphatic heterocycles. The van der Waals surface area contributed by atoms with E-state index in [9.17, 15) is 19.8 Å². The summed E-state index contributed by atoms with van der Waals surface area (Å²) in [5.74, 6) is 0.793. The highest BCUT2D eigenvalue weighted by atomic mass is 16.3. The summed E-state index contributed by atoms with van der Waals surface area (Å²) >= 11 is 0. The third kappa shape index (κ3) is 7.02. The first-order chi connectivity index (χ1) is 20.6. The molecule has 1 saturated carbocycles. The summed E-state index contributed by atoms with van der Waals surface area (Å²) in [6.07, 6.45) is 11.8. The van der Waals surface area contributed by atoms with Gasteiger partial charge in [-0.25, -0.2) is 0 Å². The molecule has 0 spiro atoms. The number of nitrogens with zero attached hydrogens (tertiary/aromatic N) is 3. The fraction of sp³-hybridized carbons (Fsp3) is 0.657. The van der Waals surface area contributed by atoms with Crippen LogP contribution in [0.1, 0.15) is 71.3 Å². The maximum atomic E-state index is 14.0. The lowest BCUT2D eigenvalue weighted by Gasteiger charge is -2.52. The summed E-state index contributed by atoms with van der Waals surface area (Å²) in [5.41, 5.74) is 0.902. The van der Waals surface area contributed by atoms with Gasteiger partial charge in [-0.3, -0.25) is 9.59 Å². The van der Waals surface area contributed by atoms with Crippen LogP contribution in [0.2, 0.25) is 0 Å². The molecule has 0 aromatic heterocycles. The SMILES string of the molecule is C[C@H](CC1CCCCC1)C(=O)N1CC[C@@](O)(CN2C=C(C(=O)N3CCNC[C@H]3CO)C(c3ccccc3)=CC2)C(C)(C)C1. The second-order valence-electron chi connectivity index (χ2n) is 14.1. The van der Waals surface area contributed by atoms with Gasteiger partial charge in [-0.05, 0) is 29.9 Å². The molecule has 2 saturated heterocycles. The number of nitrogens with one attached hydrogen (secondary N) is 1. The monoisotopic (exact) mass is 592 g/mol. The van der Waals surface area contributed by atoms with Crippen molar-refractivity contribution in [2.75, 3.05) is 52.4 Å². The van der Waals surface area contributed by atoms with Gasteiger partial charge in [0.15, 0.2) is 0 Å². The Bertz CT molecular complexity index is 1190. The van der Waals surface area contributed by atoms with Crippen LogP contribution in [0.4, 0.5) is 0 Å². The van der Waals surface area contributed by atoms with E-state index in [-0.39, 0.29) is 30.4 Å². The highest BCUT2D eigenvalue weighted by Gasteiger charge is 2.50. The zero-order valence-electron chi connectivity index (χ0n) is 26.4. The maximum Gasteiger partial charge on any atom is 0.256 e. The molecule has 3 fully saturated rings. The predicted molar refractivity (Wildman–Crippen MR) is 170 cm³/mol. The molecule has 0 unspecified atom stereocenters. The smallest absolute Gasteiger partial charge is 0.256 e. The van der Waals surface area contributed by atoms with Gasteiger partial charge in [0.2, 0.25) is 5.91 Å². The zero-order valence-corrected chi connectivity index (χ0v) is 26.4. The molecule has 0 bridgehead atoms. The van der Waals surface area contributed by atoms with Crippen LogP contribution in [0.25, 0.3) is 5.57 Å². The summed E-state index contributed by atoms with van der Waals surface area (Å²) in [5, 5.41) is 25.4. The minimum atomic E-state index is -1.03. The lowest BCUT2D eigenvalue weighted by molar-refractivity contribution is -0.156. The normalized spacial score (nSPS) is 27.4. The molecule has 236 valence electrons. The lowest BCUT2D eigenvalue weighted by atomic mass is 9.69. The van der Waals surface area contributed by atoms with Crippen LogP contribution < -0.4 is 5.32 Å². The quantitative estimate of drug-likeness (QED) is 0.427. The predicted octanol–water partition coefficient (Wildman–Crippen LogP) is 3.66. The van der Waals surface area contributed by atoms with Crippen LogP contribution in [-0.2, 0) is 9.59 Å². The van der Waals surface area contributed by atoms with E-state index in [0.717, 1.165) is 17.6 Å². The molecule has 43 heavy (non-hydrogen) atoms. The number of rotatable bonds is 8. The van der Waals surface area contributed by atoms with E-state index >= 15 is 0 Å². The van der Waals surface area contributed by atoms with Crippen LogP contribution in [0.3, 0.4) is 0 Å². The number of amides is 2. The fourth-order valence-corrected chi connectivity index (χ4v) is 7.66. The maximum absolute atomic E-state index is 14.0. The number of piperidine rings is 1. The highest BCUT2D eigenvalue weighted by Crippen LogP contribution is 2.41. The Morgan fingerprint density at radius 2 is 1.84 bits per heavy atom. The minimum Gasteiger partial charge on any atom is -0.394 e. The van der Waals surface area contributed by atoms with Crippen LogP contribution in [-0.4, -0.2) is 101 Å². The number of β-amino-alcohol motifs (C(OH)–C–C–N with tert-alkyl or cyclic N) is 1. The molecule has 1 aromatic carbocycles. The Morgan fingerprint density at radius 3 is 2.53 bits per heavy atom. The van der Waals surface area contributed by atoms with Crippen molar-refractivity contribution in [1.82, 2.24) is 20.0 Å². The molecular weight excluding hydrogens is 540 g/mol. The number of carbonyl (C=O) groups excluding carboxylic acids is 2. The van der Waals surface area contributed by atoms with Crippen molar-refractivity contribution in [1.29, 1.82) is 0 Å². The van der Waals surface area contributed by atoms with Gasteiger partial charge in [0.05, 0.1) is 23.8 Å². The molecule has 5 rings (SSSR count). The second kappa shape index (κ2) is 13.5. The summed E-state index contributed by atoms with van der Waals surface area (Å²) < 4.78 is 0. The molecule has 0 radical (unpaired) electrons. The van der Waals surface area contributed by atoms with Crippen LogP contribution in [0.5, 0.6) is 0 Å². The van der Waals surface area contributed by atoms with E-state index in [1.807, 2.05) is 41.4 Å². The minimum absolute atomic E-state index is 0.0120. The molecule has 1 aromatic rings. The molecule has 3 N–H and O–H groups in total. The third-order valence-electron chi connectivity index (χ3n) is 10.5. The second-order valence-corrected chi connectivity index (χ2v) is 14.1. The van der Waals surface area contributed by atoms with E-state index in [1.54, 1.807) is 4.90 Å². The number of carbonyl (C=O) groups is 2. The number of aliphatic hydroxyl groups is 2. The van der Waals surface area contributed by atoms with Crippen LogP contribution in [0, 0.1) is 17.3 Å². The van der Waals surface area contributed by atoms with E-state index in [4.69, 9.17) is 0 Å². The van der Waals surface area contributed by atoms with Crippen molar-refractivity contribution in [3.05, 3.63) is 53.7 Å². The summed E-state index contributed by atoms with van der Waals surface area (Å²) in [4.78, 5) is 33.3. The first-order valence-electron chi connectivity index (χ1n) is 16.5. The Morgan fingerprint density at radius 1 is 1.09 bits per heavy atom. The molecule has 3 heterocycles. The van der Waals surface area contributed by atoms with Gasteiger partial charge in [-0.15, -0.1) is 0 Å². The fourth-order valence-electron chi connectivity index (χ4n) is 7.66. The molecule has 8 nitrogen and oxygen atoms in total. The number of hydrogen-bond donors (Lipinski definition) is 3. The summed E-state index contributed by atoms with van der Waals surface area (Å²) in [6.45, 7) is 9.91. The van der Waals surface area contributed by atoms with Gasteiger partial charge >= 0.3 is 0 Å². The van der Waals surface area contributed by atoms with E-state index in [1.165, 1.54) is 32.1 Å². The van der Waals surface area contributed by atoms with Crippen molar-refractivity contribution >= 4 is 17.4 Å². The Hall–Kier alpha value is -2.68. The van der Waals surface area contributed by atoms with E-state index in [2.05, 4.69) is 37.1 Å². The molecule has 8 heteroatoms. The number of hydrogen-bond acceptors (Lipinski definition) is 6. The van der Waals surface area contributed by atoms with Crippen molar-refractivity contribution in [3.63, 3.8) is 0 Å². The molecular formula is C35H52N4O4. The average molecular weight is 593 g/mol. The van der Waals surface area contributed by atoms with Gasteiger partial charge in [0, 0.05) is 63.3 Å². The average Bonchev–Trinajstić information content (AvgIpc) is 3.02.